The fourth-order valence-electron chi connectivity index (χ4n) is 4.37. The molecule has 1 fully saturated rings. The molecule has 4 rings (SSSR count). The van der Waals surface area contributed by atoms with E-state index in [-0.39, 0.29) is 29.0 Å². The Labute approximate surface area is 200 Å². The monoisotopic (exact) mass is 512 g/mol. The van der Waals surface area contributed by atoms with Gasteiger partial charge in [-0.3, -0.25) is 19.3 Å². The molecule has 7 nitrogen and oxygen atoms in total. The molecule has 0 unspecified atom stereocenters. The van der Waals surface area contributed by atoms with Gasteiger partial charge in [-0.1, -0.05) is 35.2 Å². The van der Waals surface area contributed by atoms with Crippen molar-refractivity contribution in [3.8, 4) is 0 Å². The number of ether oxygens (including phenoxy) is 1. The highest BCUT2D eigenvalue weighted by Crippen LogP contribution is 2.31. The van der Waals surface area contributed by atoms with Crippen molar-refractivity contribution >= 4 is 45.3 Å². The average molecular weight is 513 g/mol. The normalized spacial score (nSPS) is 16.0. The molecule has 0 bridgehead atoms. The summed E-state index contributed by atoms with van der Waals surface area (Å²) in [6.45, 7) is 3.31. The maximum absolute atomic E-state index is 12.9. The van der Waals surface area contributed by atoms with Gasteiger partial charge in [-0.2, -0.15) is 0 Å². The van der Waals surface area contributed by atoms with Crippen molar-refractivity contribution < 1.29 is 23.9 Å². The van der Waals surface area contributed by atoms with Gasteiger partial charge in [0.25, 0.3) is 17.7 Å². The average Bonchev–Trinajstić information content (AvgIpc) is 3.05. The molecule has 0 radical (unpaired) electrons. The molecule has 2 aromatic rings. The number of carbonyl (C=O) groups is 4. The van der Waals surface area contributed by atoms with Crippen LogP contribution in [0.15, 0.2) is 34.8 Å². The topological polar surface area (TPSA) is 92.8 Å². The van der Waals surface area contributed by atoms with Crippen LogP contribution in [0.2, 0.25) is 0 Å². The molecule has 0 spiro atoms. The van der Waals surface area contributed by atoms with Gasteiger partial charge in [-0.15, -0.1) is 0 Å². The molecule has 0 atom stereocenters. The van der Waals surface area contributed by atoms with Gasteiger partial charge < -0.3 is 10.1 Å². The summed E-state index contributed by atoms with van der Waals surface area (Å²) < 4.78 is 6.09. The molecule has 0 saturated heterocycles. The van der Waals surface area contributed by atoms with Crippen molar-refractivity contribution in [3.63, 3.8) is 0 Å². The quantitative estimate of drug-likeness (QED) is 0.459. The summed E-state index contributed by atoms with van der Waals surface area (Å²) in [5, 5.41) is 2.74. The molecule has 8 heteroatoms. The predicted octanol–water partition coefficient (Wildman–Crippen LogP) is 4.79. The minimum absolute atomic E-state index is 0.0871. The summed E-state index contributed by atoms with van der Waals surface area (Å²) in [6, 6.07) is 7.98. The zero-order valence-electron chi connectivity index (χ0n) is 18.6. The lowest BCUT2D eigenvalue weighted by atomic mass is 9.94. The molecule has 0 aromatic heterocycles. The molecule has 33 heavy (non-hydrogen) atoms. The highest BCUT2D eigenvalue weighted by atomic mass is 79.9. The van der Waals surface area contributed by atoms with E-state index in [1.165, 1.54) is 23.1 Å². The molecule has 1 saturated carbocycles. The van der Waals surface area contributed by atoms with Crippen LogP contribution in [0.3, 0.4) is 0 Å². The third kappa shape index (κ3) is 4.71. The van der Waals surface area contributed by atoms with Crippen molar-refractivity contribution in [2.45, 2.75) is 52.0 Å². The van der Waals surface area contributed by atoms with Gasteiger partial charge in [0, 0.05) is 16.2 Å². The van der Waals surface area contributed by atoms with Crippen LogP contribution in [-0.2, 0) is 9.53 Å². The van der Waals surface area contributed by atoms with E-state index in [4.69, 9.17) is 4.74 Å². The number of imide groups is 1. The molecule has 2 aromatic carbocycles. The van der Waals surface area contributed by atoms with Crippen LogP contribution in [0.25, 0.3) is 0 Å². The van der Waals surface area contributed by atoms with Crippen molar-refractivity contribution in [2.75, 3.05) is 11.9 Å². The number of aryl methyl sites for hydroxylation is 2. The summed E-state index contributed by atoms with van der Waals surface area (Å²) in [7, 11) is 0. The Morgan fingerprint density at radius 1 is 1.00 bits per heavy atom. The van der Waals surface area contributed by atoms with E-state index >= 15 is 0 Å². The molecule has 1 aliphatic heterocycles. The Hall–Kier alpha value is -3.00. The maximum Gasteiger partial charge on any atom is 0.338 e. The highest BCUT2D eigenvalue weighted by molar-refractivity contribution is 9.10. The summed E-state index contributed by atoms with van der Waals surface area (Å²) in [6.07, 6.45) is 4.73. The number of anilines is 1. The molecule has 172 valence electrons. The number of nitrogens with one attached hydrogen (secondary N) is 1. The first kappa shape index (κ1) is 23.2. The first-order valence-electron chi connectivity index (χ1n) is 11.0. The number of hydrogen-bond acceptors (Lipinski definition) is 5. The predicted molar refractivity (Wildman–Crippen MR) is 126 cm³/mol. The fraction of sp³-hybridized carbons (Fsp3) is 0.360. The Kier molecular flexibility index (Phi) is 6.65. The van der Waals surface area contributed by atoms with Crippen LogP contribution in [-0.4, -0.2) is 41.2 Å². The second-order valence-electron chi connectivity index (χ2n) is 8.57. The summed E-state index contributed by atoms with van der Waals surface area (Å²) in [4.78, 5) is 51.9. The van der Waals surface area contributed by atoms with Crippen LogP contribution in [0, 0.1) is 13.8 Å². The minimum Gasteiger partial charge on any atom is -0.452 e. The fourth-order valence-corrected chi connectivity index (χ4v) is 4.83. The van der Waals surface area contributed by atoms with Crippen molar-refractivity contribution in [1.82, 2.24) is 4.90 Å². The smallest absolute Gasteiger partial charge is 0.338 e. The van der Waals surface area contributed by atoms with Crippen molar-refractivity contribution in [1.29, 1.82) is 0 Å². The number of nitrogens with zero attached hydrogens (tertiary/aromatic N) is 1. The molecular formula is C25H25BrN2O5. The second-order valence-corrected chi connectivity index (χ2v) is 9.43. The molecule has 1 aliphatic carbocycles. The number of rotatable bonds is 5. The van der Waals surface area contributed by atoms with Crippen LogP contribution in [0.5, 0.6) is 0 Å². The van der Waals surface area contributed by atoms with Crippen LogP contribution in [0.1, 0.15) is 74.3 Å². The first-order chi connectivity index (χ1) is 15.8. The number of amides is 3. The molecule has 1 heterocycles. The van der Waals surface area contributed by atoms with Gasteiger partial charge in [0.1, 0.15) is 0 Å². The summed E-state index contributed by atoms with van der Waals surface area (Å²) in [5.41, 5.74) is 3.13. The van der Waals surface area contributed by atoms with E-state index < -0.39 is 18.5 Å². The van der Waals surface area contributed by atoms with Gasteiger partial charge in [0.05, 0.1) is 16.7 Å². The largest absolute Gasteiger partial charge is 0.452 e. The maximum atomic E-state index is 12.9. The summed E-state index contributed by atoms with van der Waals surface area (Å²) in [5.74, 6) is -1.87. The minimum atomic E-state index is -0.729. The van der Waals surface area contributed by atoms with E-state index in [1.54, 1.807) is 0 Å². The van der Waals surface area contributed by atoms with Crippen LogP contribution in [0.4, 0.5) is 5.69 Å². The molecule has 3 amide bonds. The number of esters is 1. The third-order valence-electron chi connectivity index (χ3n) is 6.21. The van der Waals surface area contributed by atoms with E-state index in [1.807, 2.05) is 26.0 Å². The van der Waals surface area contributed by atoms with Gasteiger partial charge in [0.15, 0.2) is 6.61 Å². The molecule has 1 N–H and O–H groups in total. The molecule has 2 aliphatic rings. The van der Waals surface area contributed by atoms with E-state index in [9.17, 15) is 19.2 Å². The zero-order chi connectivity index (χ0) is 23.7. The zero-order valence-corrected chi connectivity index (χ0v) is 20.2. The number of fused-ring (bicyclic) bond motifs is 1. The van der Waals surface area contributed by atoms with Crippen molar-refractivity contribution in [2.24, 2.45) is 0 Å². The number of hydrogen-bond donors (Lipinski definition) is 1. The van der Waals surface area contributed by atoms with Gasteiger partial charge in [-0.05, 0) is 68.1 Å². The standard InChI is InChI=1S/C25H25BrN2O5/c1-14-11-21(15(2)10-20(14)26)27-22(29)13-33-25(32)16-8-9-18-19(12-16)24(31)28(23(18)30)17-6-4-3-5-7-17/h8-12,17H,3-7,13H2,1-2H3,(H,27,29). The third-order valence-corrected chi connectivity index (χ3v) is 7.06. The summed E-state index contributed by atoms with van der Waals surface area (Å²) >= 11 is 3.45. The first-order valence-corrected chi connectivity index (χ1v) is 11.8. The Morgan fingerprint density at radius 3 is 2.42 bits per heavy atom. The lowest BCUT2D eigenvalue weighted by Crippen LogP contribution is -2.40. The van der Waals surface area contributed by atoms with E-state index in [2.05, 4.69) is 21.2 Å². The SMILES string of the molecule is Cc1cc(NC(=O)COC(=O)c2ccc3c(c2)C(=O)N(C2CCCCC2)C3=O)c(C)cc1Br. The highest BCUT2D eigenvalue weighted by Gasteiger charge is 2.40. The van der Waals surface area contributed by atoms with E-state index in [0.717, 1.165) is 47.7 Å². The van der Waals surface area contributed by atoms with Crippen LogP contribution < -0.4 is 5.32 Å². The number of halogens is 1. The van der Waals surface area contributed by atoms with Gasteiger partial charge in [0.2, 0.25) is 0 Å². The van der Waals surface area contributed by atoms with Gasteiger partial charge >= 0.3 is 5.97 Å². The Bertz CT molecular complexity index is 1150. The Morgan fingerprint density at radius 2 is 1.70 bits per heavy atom. The van der Waals surface area contributed by atoms with Crippen molar-refractivity contribution in [3.05, 3.63) is 62.6 Å². The number of benzene rings is 2. The second kappa shape index (κ2) is 9.47. The van der Waals surface area contributed by atoms with Gasteiger partial charge in [-0.25, -0.2) is 4.79 Å². The van der Waals surface area contributed by atoms with E-state index in [0.29, 0.717) is 11.3 Å². The van der Waals surface area contributed by atoms with Crippen LogP contribution >= 0.6 is 15.9 Å². The Balaban J connectivity index is 1.41. The molecular weight excluding hydrogens is 488 g/mol. The lowest BCUT2D eigenvalue weighted by Gasteiger charge is -2.29. The number of carbonyl (C=O) groups excluding carboxylic acids is 4. The lowest BCUT2D eigenvalue weighted by molar-refractivity contribution is -0.119.